The third-order valence-corrected chi connectivity index (χ3v) is 3.31. The molecular weight excluding hydrogens is 176 g/mol. The molecule has 0 amide bonds. The van der Waals surface area contributed by atoms with Gasteiger partial charge in [0.15, 0.2) is 0 Å². The van der Waals surface area contributed by atoms with Crippen molar-refractivity contribution < 1.29 is 9.53 Å². The standard InChI is InChI=1S/C12H22O2/c1-10-7-11(2,3)9-12(8-10,14-4)5-6-13/h6,10H,5,7-9H2,1-4H3. The second-order valence-corrected chi connectivity index (χ2v) is 5.61. The molecule has 0 aromatic rings. The first-order chi connectivity index (χ1) is 6.43. The summed E-state index contributed by atoms with van der Waals surface area (Å²) in [5.74, 6) is 0.652. The minimum Gasteiger partial charge on any atom is -0.378 e. The van der Waals surface area contributed by atoms with Gasteiger partial charge < -0.3 is 9.53 Å². The van der Waals surface area contributed by atoms with Crippen molar-refractivity contribution in [2.75, 3.05) is 7.11 Å². The lowest BCUT2D eigenvalue weighted by molar-refractivity contribution is -0.123. The molecule has 1 fully saturated rings. The zero-order valence-corrected chi connectivity index (χ0v) is 9.80. The van der Waals surface area contributed by atoms with Crippen LogP contribution in [0.1, 0.15) is 46.5 Å². The van der Waals surface area contributed by atoms with E-state index in [1.54, 1.807) is 7.11 Å². The van der Waals surface area contributed by atoms with Crippen LogP contribution in [0.5, 0.6) is 0 Å². The molecule has 14 heavy (non-hydrogen) atoms. The van der Waals surface area contributed by atoms with Gasteiger partial charge in [-0.15, -0.1) is 0 Å². The average Bonchev–Trinajstić information content (AvgIpc) is 2.00. The maximum absolute atomic E-state index is 10.7. The van der Waals surface area contributed by atoms with Gasteiger partial charge in [-0.25, -0.2) is 0 Å². The number of hydrogen-bond acceptors (Lipinski definition) is 2. The Morgan fingerprint density at radius 3 is 2.50 bits per heavy atom. The molecule has 2 heteroatoms. The molecule has 2 atom stereocenters. The fourth-order valence-corrected chi connectivity index (χ4v) is 3.21. The first-order valence-corrected chi connectivity index (χ1v) is 5.42. The smallest absolute Gasteiger partial charge is 0.122 e. The summed E-state index contributed by atoms with van der Waals surface area (Å²) in [5.41, 5.74) is 0.111. The van der Waals surface area contributed by atoms with E-state index < -0.39 is 0 Å². The number of hydrogen-bond donors (Lipinski definition) is 0. The van der Waals surface area contributed by atoms with Crippen LogP contribution in [-0.4, -0.2) is 19.0 Å². The monoisotopic (exact) mass is 198 g/mol. The van der Waals surface area contributed by atoms with Gasteiger partial charge >= 0.3 is 0 Å². The van der Waals surface area contributed by atoms with Crippen molar-refractivity contribution in [1.29, 1.82) is 0 Å². The minimum atomic E-state index is -0.192. The minimum absolute atomic E-state index is 0.192. The predicted octanol–water partition coefficient (Wildman–Crippen LogP) is 2.81. The van der Waals surface area contributed by atoms with Gasteiger partial charge in [0.1, 0.15) is 6.29 Å². The molecule has 0 radical (unpaired) electrons. The fraction of sp³-hybridized carbons (Fsp3) is 0.917. The third-order valence-electron chi connectivity index (χ3n) is 3.31. The van der Waals surface area contributed by atoms with E-state index in [2.05, 4.69) is 20.8 Å². The number of aldehydes is 1. The van der Waals surface area contributed by atoms with Crippen molar-refractivity contribution in [2.24, 2.45) is 11.3 Å². The number of ether oxygens (including phenoxy) is 1. The summed E-state index contributed by atoms with van der Waals surface area (Å²) < 4.78 is 5.59. The highest BCUT2D eigenvalue weighted by atomic mass is 16.5. The maximum Gasteiger partial charge on any atom is 0.122 e. The van der Waals surface area contributed by atoms with Crippen LogP contribution in [0, 0.1) is 11.3 Å². The summed E-state index contributed by atoms with van der Waals surface area (Å²) in [6.45, 7) is 6.78. The molecule has 82 valence electrons. The SMILES string of the molecule is COC1(CC=O)CC(C)CC(C)(C)C1. The Bertz CT molecular complexity index is 210. The third kappa shape index (κ3) is 2.57. The first-order valence-electron chi connectivity index (χ1n) is 5.42. The van der Waals surface area contributed by atoms with Gasteiger partial charge in [-0.1, -0.05) is 20.8 Å². The lowest BCUT2D eigenvalue weighted by atomic mass is 9.65. The van der Waals surface area contributed by atoms with Crippen molar-refractivity contribution in [1.82, 2.24) is 0 Å². The second kappa shape index (κ2) is 4.01. The van der Waals surface area contributed by atoms with E-state index in [1.807, 2.05) is 0 Å². The molecule has 0 saturated heterocycles. The van der Waals surface area contributed by atoms with Crippen molar-refractivity contribution >= 4 is 6.29 Å². The van der Waals surface area contributed by atoms with Gasteiger partial charge in [0.25, 0.3) is 0 Å². The van der Waals surface area contributed by atoms with E-state index in [-0.39, 0.29) is 5.60 Å². The molecule has 0 spiro atoms. The molecule has 1 saturated carbocycles. The topological polar surface area (TPSA) is 26.3 Å². The number of methoxy groups -OCH3 is 1. The number of carbonyl (C=O) groups excluding carboxylic acids is 1. The van der Waals surface area contributed by atoms with Crippen molar-refractivity contribution in [3.8, 4) is 0 Å². The maximum atomic E-state index is 10.7. The Hall–Kier alpha value is -0.370. The highest BCUT2D eigenvalue weighted by molar-refractivity contribution is 5.51. The van der Waals surface area contributed by atoms with E-state index in [0.717, 1.165) is 19.1 Å². The Morgan fingerprint density at radius 1 is 1.43 bits per heavy atom. The van der Waals surface area contributed by atoms with Gasteiger partial charge in [-0.05, 0) is 30.6 Å². The van der Waals surface area contributed by atoms with Crippen LogP contribution in [0.4, 0.5) is 0 Å². The number of rotatable bonds is 3. The summed E-state index contributed by atoms with van der Waals surface area (Å²) in [6, 6.07) is 0. The average molecular weight is 198 g/mol. The van der Waals surface area contributed by atoms with Gasteiger partial charge in [-0.2, -0.15) is 0 Å². The lowest BCUT2D eigenvalue weighted by Crippen LogP contribution is -2.43. The first kappa shape index (κ1) is 11.7. The van der Waals surface area contributed by atoms with Crippen molar-refractivity contribution in [2.45, 2.75) is 52.1 Å². The van der Waals surface area contributed by atoms with Gasteiger partial charge in [0.2, 0.25) is 0 Å². The Balaban J connectivity index is 2.80. The molecule has 1 aliphatic carbocycles. The molecule has 0 aromatic carbocycles. The summed E-state index contributed by atoms with van der Waals surface area (Å²) in [5, 5.41) is 0. The van der Waals surface area contributed by atoms with Crippen LogP contribution >= 0.6 is 0 Å². The van der Waals surface area contributed by atoms with Gasteiger partial charge in [0.05, 0.1) is 5.60 Å². The van der Waals surface area contributed by atoms with Crippen LogP contribution < -0.4 is 0 Å². The molecule has 1 rings (SSSR count). The lowest BCUT2D eigenvalue weighted by Gasteiger charge is -2.46. The van der Waals surface area contributed by atoms with Crippen LogP contribution in [0.3, 0.4) is 0 Å². The van der Waals surface area contributed by atoms with Gasteiger partial charge in [0, 0.05) is 13.5 Å². The highest BCUT2D eigenvalue weighted by Crippen LogP contribution is 2.46. The molecule has 2 nitrogen and oxygen atoms in total. The molecule has 0 aliphatic heterocycles. The second-order valence-electron chi connectivity index (χ2n) is 5.61. The zero-order chi connectivity index (χ0) is 10.8. The van der Waals surface area contributed by atoms with E-state index in [0.29, 0.717) is 17.8 Å². The Labute approximate surface area is 87.0 Å². The van der Waals surface area contributed by atoms with Crippen LogP contribution in [-0.2, 0) is 9.53 Å². The Kier molecular flexibility index (Phi) is 3.36. The van der Waals surface area contributed by atoms with Crippen molar-refractivity contribution in [3.05, 3.63) is 0 Å². The fourth-order valence-electron chi connectivity index (χ4n) is 3.21. The largest absolute Gasteiger partial charge is 0.378 e. The summed E-state index contributed by atoms with van der Waals surface area (Å²) in [6.07, 6.45) is 4.79. The van der Waals surface area contributed by atoms with E-state index >= 15 is 0 Å². The predicted molar refractivity (Wildman–Crippen MR) is 57.2 cm³/mol. The van der Waals surface area contributed by atoms with Crippen LogP contribution in [0.25, 0.3) is 0 Å². The van der Waals surface area contributed by atoms with Crippen LogP contribution in [0.15, 0.2) is 0 Å². The molecule has 2 unspecified atom stereocenters. The summed E-state index contributed by atoms with van der Waals surface area (Å²) in [4.78, 5) is 10.7. The molecule has 0 heterocycles. The number of carbonyl (C=O) groups is 1. The van der Waals surface area contributed by atoms with E-state index in [9.17, 15) is 4.79 Å². The molecule has 0 bridgehead atoms. The summed E-state index contributed by atoms with van der Waals surface area (Å²) in [7, 11) is 1.73. The summed E-state index contributed by atoms with van der Waals surface area (Å²) >= 11 is 0. The molecular formula is C12H22O2. The zero-order valence-electron chi connectivity index (χ0n) is 9.80. The normalized spacial score (nSPS) is 36.7. The molecule has 0 N–H and O–H groups in total. The van der Waals surface area contributed by atoms with Crippen LogP contribution in [0.2, 0.25) is 0 Å². The molecule has 0 aromatic heterocycles. The van der Waals surface area contributed by atoms with Crippen molar-refractivity contribution in [3.63, 3.8) is 0 Å². The van der Waals surface area contributed by atoms with E-state index in [4.69, 9.17) is 4.74 Å². The van der Waals surface area contributed by atoms with Gasteiger partial charge in [-0.3, -0.25) is 0 Å². The highest BCUT2D eigenvalue weighted by Gasteiger charge is 2.42. The quantitative estimate of drug-likeness (QED) is 0.652. The Morgan fingerprint density at radius 2 is 2.07 bits per heavy atom. The van der Waals surface area contributed by atoms with E-state index in [1.165, 1.54) is 6.42 Å². The molecule has 1 aliphatic rings.